The molecular formula is C28H40N2O2. The van der Waals surface area contributed by atoms with Crippen molar-refractivity contribution in [1.82, 2.24) is 10.2 Å². The summed E-state index contributed by atoms with van der Waals surface area (Å²) in [6.07, 6.45) is 8.14. The van der Waals surface area contributed by atoms with Crippen molar-refractivity contribution in [1.29, 1.82) is 0 Å². The van der Waals surface area contributed by atoms with Crippen molar-refractivity contribution >= 4 is 11.8 Å². The highest BCUT2D eigenvalue weighted by Crippen LogP contribution is 2.65. The van der Waals surface area contributed by atoms with E-state index in [1.165, 1.54) is 19.3 Å². The van der Waals surface area contributed by atoms with Crippen molar-refractivity contribution in [3.05, 3.63) is 35.9 Å². The molecule has 5 rings (SSSR count). The van der Waals surface area contributed by atoms with Crippen LogP contribution in [0.5, 0.6) is 0 Å². The van der Waals surface area contributed by atoms with Crippen molar-refractivity contribution in [3.8, 4) is 0 Å². The molecule has 3 unspecified atom stereocenters. The predicted molar refractivity (Wildman–Crippen MR) is 127 cm³/mol. The van der Waals surface area contributed by atoms with Crippen molar-refractivity contribution < 1.29 is 9.59 Å². The Kier molecular flexibility index (Phi) is 5.41. The smallest absolute Gasteiger partial charge is 0.224 e. The van der Waals surface area contributed by atoms with Gasteiger partial charge in [0.15, 0.2) is 0 Å². The number of nitrogens with zero attached hydrogens (tertiary/aromatic N) is 1. The maximum absolute atomic E-state index is 12.9. The molecule has 1 aromatic carbocycles. The number of rotatable bonds is 3. The second-order valence-electron chi connectivity index (χ2n) is 11.9. The van der Waals surface area contributed by atoms with Gasteiger partial charge in [-0.15, -0.1) is 0 Å². The van der Waals surface area contributed by atoms with Gasteiger partial charge in [0.2, 0.25) is 11.8 Å². The Morgan fingerprint density at radius 2 is 1.78 bits per heavy atom. The van der Waals surface area contributed by atoms with Crippen molar-refractivity contribution in [3.63, 3.8) is 0 Å². The van der Waals surface area contributed by atoms with Gasteiger partial charge >= 0.3 is 0 Å². The summed E-state index contributed by atoms with van der Waals surface area (Å²) < 4.78 is 0. The molecule has 4 aliphatic rings. The van der Waals surface area contributed by atoms with Crippen LogP contribution in [0.25, 0.3) is 0 Å². The molecule has 8 atom stereocenters. The fraction of sp³-hybridized carbons (Fsp3) is 0.714. The molecule has 2 amide bonds. The minimum Gasteiger partial charge on any atom is -0.353 e. The van der Waals surface area contributed by atoms with E-state index < -0.39 is 0 Å². The number of likely N-dealkylation sites (tertiary alicyclic amines) is 1. The predicted octanol–water partition coefficient (Wildman–Crippen LogP) is 4.82. The van der Waals surface area contributed by atoms with Crippen LogP contribution in [0.1, 0.15) is 71.3 Å². The van der Waals surface area contributed by atoms with Crippen LogP contribution in [0.15, 0.2) is 30.3 Å². The van der Waals surface area contributed by atoms with Gasteiger partial charge in [-0.2, -0.15) is 0 Å². The largest absolute Gasteiger partial charge is 0.353 e. The van der Waals surface area contributed by atoms with Crippen molar-refractivity contribution in [2.75, 3.05) is 7.05 Å². The second kappa shape index (κ2) is 7.88. The molecule has 32 heavy (non-hydrogen) atoms. The summed E-state index contributed by atoms with van der Waals surface area (Å²) in [4.78, 5) is 27.4. The first kappa shape index (κ1) is 22.0. The number of amides is 2. The molecule has 4 heteroatoms. The normalized spacial score (nSPS) is 43.2. The highest BCUT2D eigenvalue weighted by molar-refractivity contribution is 5.79. The number of fused-ring (bicyclic) bond motifs is 5. The van der Waals surface area contributed by atoms with Gasteiger partial charge in [-0.1, -0.05) is 51.1 Å². The molecule has 174 valence electrons. The fourth-order valence-electron chi connectivity index (χ4n) is 8.73. The maximum Gasteiger partial charge on any atom is 0.224 e. The lowest BCUT2D eigenvalue weighted by molar-refractivity contribution is -0.165. The average Bonchev–Trinajstić information content (AvgIpc) is 3.09. The first-order valence-electron chi connectivity index (χ1n) is 12.8. The molecule has 0 aromatic heterocycles. The lowest BCUT2D eigenvalue weighted by atomic mass is 9.45. The van der Waals surface area contributed by atoms with Crippen LogP contribution in [0, 0.1) is 34.5 Å². The topological polar surface area (TPSA) is 49.4 Å². The Morgan fingerprint density at radius 1 is 1.06 bits per heavy atom. The molecule has 4 nitrogen and oxygen atoms in total. The van der Waals surface area contributed by atoms with Crippen molar-refractivity contribution in [2.24, 2.45) is 34.5 Å². The number of carbonyl (C=O) groups is 2. The lowest BCUT2D eigenvalue weighted by Gasteiger charge is -2.63. The number of nitrogens with one attached hydrogen (secondary N) is 1. The third-order valence-corrected chi connectivity index (χ3v) is 10.5. The molecule has 3 aliphatic carbocycles. The van der Waals surface area contributed by atoms with E-state index in [2.05, 4.69) is 31.0 Å². The fourth-order valence-corrected chi connectivity index (χ4v) is 8.73. The standard InChI is InChI=1S/C28H40N2O2/c1-18-16-23-28(3,15-13-25(32)30(23)4)21-12-14-27(2)20(26(18)21)10-11-22(27)29-24(31)17-19-8-6-5-7-9-19/h5-9,18,20-23,26H,10-17H2,1-4H3,(H,29,31)/t18?,20-,21+,22?,23?,26-,27-,28+/m0/s1. The summed E-state index contributed by atoms with van der Waals surface area (Å²) in [7, 11) is 2.04. The van der Waals surface area contributed by atoms with Gasteiger partial charge in [-0.25, -0.2) is 0 Å². The molecule has 1 N–H and O–H groups in total. The van der Waals surface area contributed by atoms with Crippen LogP contribution < -0.4 is 5.32 Å². The molecular weight excluding hydrogens is 396 g/mol. The molecule has 1 aliphatic heterocycles. The van der Waals surface area contributed by atoms with E-state index >= 15 is 0 Å². The van der Waals surface area contributed by atoms with Crippen LogP contribution >= 0.6 is 0 Å². The van der Waals surface area contributed by atoms with Gasteiger partial charge in [-0.3, -0.25) is 9.59 Å². The third-order valence-electron chi connectivity index (χ3n) is 10.5. The van der Waals surface area contributed by atoms with Gasteiger partial charge in [-0.05, 0) is 78.6 Å². The molecule has 0 radical (unpaired) electrons. The summed E-state index contributed by atoms with van der Waals surface area (Å²) >= 11 is 0. The minimum absolute atomic E-state index is 0.168. The summed E-state index contributed by atoms with van der Waals surface area (Å²) in [6.45, 7) is 7.39. The van der Waals surface area contributed by atoms with Gasteiger partial charge < -0.3 is 10.2 Å². The highest BCUT2D eigenvalue weighted by Gasteiger charge is 2.62. The van der Waals surface area contributed by atoms with E-state index in [-0.39, 0.29) is 22.8 Å². The zero-order valence-electron chi connectivity index (χ0n) is 20.3. The Balaban J connectivity index is 1.34. The third kappa shape index (κ3) is 3.31. The number of benzene rings is 1. The van der Waals surface area contributed by atoms with Crippen LogP contribution in [-0.2, 0) is 16.0 Å². The van der Waals surface area contributed by atoms with E-state index in [1.807, 2.05) is 37.4 Å². The Hall–Kier alpha value is -1.84. The van der Waals surface area contributed by atoms with Crippen LogP contribution in [-0.4, -0.2) is 35.8 Å². The zero-order chi connectivity index (χ0) is 22.7. The monoisotopic (exact) mass is 436 g/mol. The average molecular weight is 437 g/mol. The van der Waals surface area contributed by atoms with E-state index in [4.69, 9.17) is 0 Å². The SMILES string of the molecule is CC1CC2N(C)C(=O)CC[C@]2(C)[C@@H]2CC[C@]3(C)C(NC(=O)Cc4ccccc4)CC[C@H]3[C@H]12. The zero-order valence-corrected chi connectivity index (χ0v) is 20.3. The minimum atomic E-state index is 0.168. The van der Waals surface area contributed by atoms with Gasteiger partial charge in [0.1, 0.15) is 0 Å². The molecule has 0 bridgehead atoms. The van der Waals surface area contributed by atoms with Crippen LogP contribution in [0.2, 0.25) is 0 Å². The first-order valence-corrected chi connectivity index (χ1v) is 12.8. The van der Waals surface area contributed by atoms with E-state index in [9.17, 15) is 9.59 Å². The Labute approximate surface area is 193 Å². The number of hydrogen-bond acceptors (Lipinski definition) is 2. The molecule has 1 aromatic rings. The van der Waals surface area contributed by atoms with Gasteiger partial charge in [0, 0.05) is 25.6 Å². The molecule has 3 saturated carbocycles. The van der Waals surface area contributed by atoms with E-state index in [0.29, 0.717) is 48.5 Å². The van der Waals surface area contributed by atoms with Gasteiger partial charge in [0.05, 0.1) is 6.42 Å². The molecule has 1 heterocycles. The highest BCUT2D eigenvalue weighted by atomic mass is 16.2. The first-order chi connectivity index (χ1) is 15.2. The number of carbonyl (C=O) groups excluding carboxylic acids is 2. The quantitative estimate of drug-likeness (QED) is 0.738. The van der Waals surface area contributed by atoms with Crippen LogP contribution in [0.4, 0.5) is 0 Å². The number of piperidine rings is 1. The van der Waals surface area contributed by atoms with E-state index in [0.717, 1.165) is 24.8 Å². The summed E-state index contributed by atoms with van der Waals surface area (Å²) in [5.74, 6) is 3.23. The Morgan fingerprint density at radius 3 is 2.53 bits per heavy atom. The van der Waals surface area contributed by atoms with Crippen molar-refractivity contribution in [2.45, 2.75) is 84.2 Å². The maximum atomic E-state index is 12.9. The second-order valence-corrected chi connectivity index (χ2v) is 11.9. The summed E-state index contributed by atoms with van der Waals surface area (Å²) in [5.41, 5.74) is 1.53. The lowest BCUT2D eigenvalue weighted by Crippen LogP contribution is -2.63. The molecule has 0 spiro atoms. The summed E-state index contributed by atoms with van der Waals surface area (Å²) in [6, 6.07) is 10.8. The Bertz CT molecular complexity index is 885. The van der Waals surface area contributed by atoms with Gasteiger partial charge in [0.25, 0.3) is 0 Å². The number of hydrogen-bond donors (Lipinski definition) is 1. The molecule has 4 fully saturated rings. The summed E-state index contributed by atoms with van der Waals surface area (Å²) in [5, 5.41) is 3.46. The van der Waals surface area contributed by atoms with Crippen LogP contribution in [0.3, 0.4) is 0 Å². The molecule has 1 saturated heterocycles. The van der Waals surface area contributed by atoms with E-state index in [1.54, 1.807) is 0 Å².